The third-order valence-corrected chi connectivity index (χ3v) is 22.9. The van der Waals surface area contributed by atoms with Crippen LogP contribution < -0.4 is 0 Å². The standard InChI is InChI=1S/C30H50N2O8Si4/c33-41(25-11-23-31-19-7-8-20-31)37-42(34,26-12-24-32-21-9-10-22-32)39-44(36,28-18-30-15-5-2-6-16-30)40-43(35,38-41)27-17-29-13-3-1-4-14-29/h1-3,5,7-10,19-22,29-30,33-36H,4,6,11-18,23-28H2. The summed E-state index contributed by atoms with van der Waals surface area (Å²) in [6.45, 7) is 1.24. The Morgan fingerprint density at radius 2 is 0.886 bits per heavy atom. The molecule has 2 aliphatic carbocycles. The van der Waals surface area contributed by atoms with Crippen molar-refractivity contribution in [3.05, 3.63) is 73.4 Å². The van der Waals surface area contributed by atoms with Gasteiger partial charge in [0.05, 0.1) is 0 Å². The second kappa shape index (κ2) is 15.5. The Morgan fingerprint density at radius 1 is 0.523 bits per heavy atom. The highest BCUT2D eigenvalue weighted by Gasteiger charge is 2.64. The molecular formula is C30H50N2O8Si4. The summed E-state index contributed by atoms with van der Waals surface area (Å²) in [6, 6.07) is 8.40. The van der Waals surface area contributed by atoms with Gasteiger partial charge in [0.2, 0.25) is 0 Å². The van der Waals surface area contributed by atoms with E-state index < -0.39 is 35.2 Å². The molecule has 0 amide bonds. The van der Waals surface area contributed by atoms with Gasteiger partial charge < -0.3 is 44.8 Å². The van der Waals surface area contributed by atoms with E-state index in [9.17, 15) is 19.2 Å². The summed E-state index contributed by atoms with van der Waals surface area (Å²) in [5.74, 6) is 0.728. The lowest BCUT2D eigenvalue weighted by Gasteiger charge is -2.45. The first-order valence-corrected chi connectivity index (χ1v) is 24.2. The average Bonchev–Trinajstić information content (AvgIpc) is 3.70. The molecule has 1 saturated heterocycles. The van der Waals surface area contributed by atoms with Crippen LogP contribution >= 0.6 is 0 Å². The maximum Gasteiger partial charge on any atom is 0.483 e. The van der Waals surface area contributed by atoms with E-state index in [-0.39, 0.29) is 24.2 Å². The second-order valence-electron chi connectivity index (χ2n) is 12.7. The topological polar surface area (TPSA) is 128 Å². The van der Waals surface area contributed by atoms with E-state index in [1.807, 2.05) is 58.2 Å². The second-order valence-corrected chi connectivity index (χ2v) is 23.7. The first-order chi connectivity index (χ1) is 21.1. The zero-order valence-corrected chi connectivity index (χ0v) is 29.7. The van der Waals surface area contributed by atoms with Crippen molar-refractivity contribution in [3.8, 4) is 0 Å². The minimum Gasteiger partial charge on any atom is -0.391 e. The van der Waals surface area contributed by atoms with Crippen LogP contribution in [0.3, 0.4) is 0 Å². The Labute approximate surface area is 266 Å². The molecule has 2 aromatic rings. The van der Waals surface area contributed by atoms with Crippen molar-refractivity contribution >= 4 is 35.2 Å². The normalized spacial score (nSPS) is 34.5. The van der Waals surface area contributed by atoms with Gasteiger partial charge in [-0.2, -0.15) is 0 Å². The van der Waals surface area contributed by atoms with E-state index in [2.05, 4.69) is 24.3 Å². The van der Waals surface area contributed by atoms with E-state index in [1.165, 1.54) is 0 Å². The molecule has 0 bridgehead atoms. The van der Waals surface area contributed by atoms with Crippen LogP contribution in [0.25, 0.3) is 0 Å². The third-order valence-electron chi connectivity index (χ3n) is 8.92. The molecule has 0 spiro atoms. The van der Waals surface area contributed by atoms with Crippen LogP contribution in [0, 0.1) is 11.8 Å². The van der Waals surface area contributed by atoms with Crippen molar-refractivity contribution in [1.29, 1.82) is 0 Å². The van der Waals surface area contributed by atoms with Gasteiger partial charge in [-0.3, -0.25) is 0 Å². The zero-order valence-electron chi connectivity index (χ0n) is 25.7. The van der Waals surface area contributed by atoms with E-state index in [0.717, 1.165) is 38.5 Å². The maximum atomic E-state index is 12.0. The van der Waals surface area contributed by atoms with Crippen molar-refractivity contribution < 1.29 is 35.6 Å². The van der Waals surface area contributed by atoms with Crippen molar-refractivity contribution in [2.24, 2.45) is 11.8 Å². The molecule has 244 valence electrons. The summed E-state index contributed by atoms with van der Waals surface area (Å²) < 4.78 is 29.1. The molecule has 2 aromatic heterocycles. The molecule has 6 atom stereocenters. The molecular weight excluding hydrogens is 629 g/mol. The maximum absolute atomic E-state index is 12.0. The predicted octanol–water partition coefficient (Wildman–Crippen LogP) is 5.07. The highest BCUT2D eigenvalue weighted by molar-refractivity contribution is 6.87. The van der Waals surface area contributed by atoms with Gasteiger partial charge in [-0.05, 0) is 100 Å². The minimum atomic E-state index is -4.20. The highest BCUT2D eigenvalue weighted by atomic mass is 28.5. The van der Waals surface area contributed by atoms with E-state index >= 15 is 0 Å². The summed E-state index contributed by atoms with van der Waals surface area (Å²) in [5.41, 5.74) is 0. The summed E-state index contributed by atoms with van der Waals surface area (Å²) in [6.07, 6.45) is 24.6. The molecule has 14 heteroatoms. The quantitative estimate of drug-likeness (QED) is 0.161. The fraction of sp³-hybridized carbons (Fsp3) is 0.600. The van der Waals surface area contributed by atoms with Gasteiger partial charge in [0.15, 0.2) is 0 Å². The molecule has 3 heterocycles. The van der Waals surface area contributed by atoms with Gasteiger partial charge in [0, 0.05) is 62.1 Å². The molecule has 6 unspecified atom stereocenters. The van der Waals surface area contributed by atoms with Crippen LogP contribution in [0.15, 0.2) is 73.4 Å². The Bertz CT molecular complexity index is 1110. The van der Waals surface area contributed by atoms with Gasteiger partial charge in [0.1, 0.15) is 0 Å². The number of allylic oxidation sites excluding steroid dienone is 4. The number of hydrogen-bond donors (Lipinski definition) is 4. The molecule has 3 aliphatic rings. The molecule has 5 rings (SSSR count). The summed E-state index contributed by atoms with van der Waals surface area (Å²) in [4.78, 5) is 48.1. The van der Waals surface area contributed by atoms with Gasteiger partial charge in [0.25, 0.3) is 0 Å². The number of aryl methyl sites for hydroxylation is 2. The van der Waals surface area contributed by atoms with Crippen LogP contribution in [-0.4, -0.2) is 63.5 Å². The minimum absolute atomic E-state index is 0.126. The SMILES string of the molecule is O[Si]1(CCCn2cccc2)O[Si](O)(CCCn2cccc2)O[Si](O)(CCC2CC=CCC2)O[Si](O)(CCC2CC=CCC2)O1. The Hall–Kier alpha value is -1.41. The van der Waals surface area contributed by atoms with Gasteiger partial charge >= 0.3 is 35.2 Å². The molecule has 4 N–H and O–H groups in total. The summed E-state index contributed by atoms with van der Waals surface area (Å²) in [5, 5.41) is 0. The number of nitrogens with zero attached hydrogens (tertiary/aromatic N) is 2. The number of rotatable bonds is 14. The summed E-state index contributed by atoms with van der Waals surface area (Å²) in [7, 11) is -16.8. The van der Waals surface area contributed by atoms with Crippen molar-refractivity contribution in [2.45, 2.75) is 101 Å². The molecule has 1 aliphatic heterocycles. The lowest BCUT2D eigenvalue weighted by molar-refractivity contribution is 0.0647. The first-order valence-electron chi connectivity index (χ1n) is 16.4. The van der Waals surface area contributed by atoms with Crippen LogP contribution in [0.4, 0.5) is 0 Å². The highest BCUT2D eigenvalue weighted by Crippen LogP contribution is 2.38. The summed E-state index contributed by atoms with van der Waals surface area (Å²) >= 11 is 0. The van der Waals surface area contributed by atoms with Crippen molar-refractivity contribution in [3.63, 3.8) is 0 Å². The lowest BCUT2D eigenvalue weighted by Crippen LogP contribution is -2.71. The first kappa shape index (κ1) is 33.9. The number of hydrogen-bond acceptors (Lipinski definition) is 8. The predicted molar refractivity (Wildman–Crippen MR) is 176 cm³/mol. The zero-order chi connectivity index (χ0) is 30.9. The van der Waals surface area contributed by atoms with Crippen molar-refractivity contribution in [1.82, 2.24) is 9.13 Å². The molecule has 10 nitrogen and oxygen atoms in total. The molecule has 1 fully saturated rings. The average molecular weight is 679 g/mol. The van der Waals surface area contributed by atoms with E-state index in [4.69, 9.17) is 16.5 Å². The third kappa shape index (κ3) is 10.3. The molecule has 0 aromatic carbocycles. The van der Waals surface area contributed by atoms with E-state index in [0.29, 0.717) is 50.6 Å². The fourth-order valence-corrected chi connectivity index (χ4v) is 22.7. The van der Waals surface area contributed by atoms with Gasteiger partial charge in [-0.25, -0.2) is 0 Å². The van der Waals surface area contributed by atoms with Crippen LogP contribution in [-0.2, 0) is 29.6 Å². The van der Waals surface area contributed by atoms with E-state index in [1.54, 1.807) is 0 Å². The number of aromatic nitrogens is 2. The molecule has 0 radical (unpaired) electrons. The smallest absolute Gasteiger partial charge is 0.391 e. The fourth-order valence-electron chi connectivity index (χ4n) is 6.51. The van der Waals surface area contributed by atoms with Crippen LogP contribution in [0.1, 0.15) is 64.2 Å². The van der Waals surface area contributed by atoms with Crippen LogP contribution in [0.2, 0.25) is 24.2 Å². The Morgan fingerprint density at radius 3 is 1.23 bits per heavy atom. The Kier molecular flexibility index (Phi) is 11.9. The lowest BCUT2D eigenvalue weighted by atomic mass is 9.92. The van der Waals surface area contributed by atoms with Crippen molar-refractivity contribution in [2.75, 3.05) is 0 Å². The largest absolute Gasteiger partial charge is 0.483 e. The molecule has 44 heavy (non-hydrogen) atoms. The van der Waals surface area contributed by atoms with Crippen LogP contribution in [0.5, 0.6) is 0 Å². The monoisotopic (exact) mass is 678 g/mol. The van der Waals surface area contributed by atoms with Gasteiger partial charge in [-0.15, -0.1) is 0 Å². The molecule has 0 saturated carbocycles. The van der Waals surface area contributed by atoms with Gasteiger partial charge in [-0.1, -0.05) is 24.3 Å². The Balaban J connectivity index is 1.37.